The molecule has 154 valence electrons. The molecule has 0 radical (unpaired) electrons. The van der Waals surface area contributed by atoms with Crippen molar-refractivity contribution in [2.24, 2.45) is 9.50 Å². The summed E-state index contributed by atoms with van der Waals surface area (Å²) in [5.74, 6) is -0.587. The van der Waals surface area contributed by atoms with Gasteiger partial charge in [-0.3, -0.25) is 4.79 Å². The summed E-state index contributed by atoms with van der Waals surface area (Å²) >= 11 is 0. The highest BCUT2D eigenvalue weighted by Gasteiger charge is 2.29. The van der Waals surface area contributed by atoms with Crippen LogP contribution in [-0.2, 0) is 10.0 Å². The first-order valence-corrected chi connectivity index (χ1v) is 11.0. The number of pyridine rings is 1. The summed E-state index contributed by atoms with van der Waals surface area (Å²) in [7, 11) is -4.04. The van der Waals surface area contributed by atoms with E-state index in [1.807, 2.05) is 0 Å². The molecule has 4 rings (SSSR count). The molecule has 3 aromatic rings. The van der Waals surface area contributed by atoms with Crippen molar-refractivity contribution in [3.05, 3.63) is 64.4 Å². The predicted molar refractivity (Wildman–Crippen MR) is 117 cm³/mol. The fourth-order valence-electron chi connectivity index (χ4n) is 3.30. The predicted octanol–water partition coefficient (Wildman–Crippen LogP) is 3.29. The van der Waals surface area contributed by atoms with Gasteiger partial charge in [-0.2, -0.15) is 18.2 Å². The molecule has 0 atom stereocenters. The Labute approximate surface area is 173 Å². The van der Waals surface area contributed by atoms with E-state index >= 15 is 0 Å². The number of aromatic nitrogens is 1. The van der Waals surface area contributed by atoms with Crippen molar-refractivity contribution >= 4 is 38.7 Å². The minimum Gasteiger partial charge on any atom is -0.506 e. The number of nitrogens with one attached hydrogen (secondary N) is 1. The van der Waals surface area contributed by atoms with Crippen LogP contribution in [0.5, 0.6) is 5.75 Å². The number of aromatic hydroxyl groups is 1. The molecule has 1 aliphatic rings. The summed E-state index contributed by atoms with van der Waals surface area (Å²) in [4.78, 5) is 13.3. The first-order valence-electron chi connectivity index (χ1n) is 9.55. The van der Waals surface area contributed by atoms with Crippen LogP contribution in [0.25, 0.3) is 10.9 Å². The SMILES string of the molecule is CCCC/C=N/n1c(=O)c(C2=NS(=O)(=O)c3ccccc3N2)c(O)c2ccccc21. The molecule has 0 amide bonds. The molecule has 0 aliphatic carbocycles. The molecule has 2 heterocycles. The number of para-hydroxylation sites is 2. The maximum absolute atomic E-state index is 13.3. The van der Waals surface area contributed by atoms with E-state index in [2.05, 4.69) is 21.7 Å². The summed E-state index contributed by atoms with van der Waals surface area (Å²) in [6.45, 7) is 2.05. The number of hydrogen-bond acceptors (Lipinski definition) is 6. The molecule has 0 bridgehead atoms. The fourth-order valence-corrected chi connectivity index (χ4v) is 4.42. The first-order chi connectivity index (χ1) is 14.4. The van der Waals surface area contributed by atoms with Gasteiger partial charge in [0.15, 0.2) is 5.84 Å². The van der Waals surface area contributed by atoms with Gasteiger partial charge < -0.3 is 10.4 Å². The van der Waals surface area contributed by atoms with Crippen molar-refractivity contribution in [2.75, 3.05) is 5.32 Å². The maximum atomic E-state index is 13.3. The van der Waals surface area contributed by atoms with E-state index in [4.69, 9.17) is 0 Å². The van der Waals surface area contributed by atoms with Gasteiger partial charge in [0.25, 0.3) is 15.6 Å². The number of anilines is 1. The smallest absolute Gasteiger partial charge is 0.286 e. The van der Waals surface area contributed by atoms with Gasteiger partial charge in [-0.25, -0.2) is 0 Å². The summed E-state index contributed by atoms with van der Waals surface area (Å²) in [5, 5.41) is 18.4. The van der Waals surface area contributed by atoms with Gasteiger partial charge in [0, 0.05) is 11.6 Å². The molecule has 0 spiro atoms. The van der Waals surface area contributed by atoms with Crippen LogP contribution >= 0.6 is 0 Å². The lowest BCUT2D eigenvalue weighted by atomic mass is 10.1. The minimum absolute atomic E-state index is 0.00643. The Kier molecular flexibility index (Phi) is 5.13. The van der Waals surface area contributed by atoms with Crippen LogP contribution < -0.4 is 10.9 Å². The Hall–Kier alpha value is -3.46. The standard InChI is InChI=1S/C21H20N4O4S/c1-2-3-8-13-22-25-16-11-6-4-9-14(16)19(26)18(21(25)27)20-23-15-10-5-7-12-17(15)30(28,29)24-20/h4-7,9-13,26H,2-3,8H2,1H3,(H,23,24)/b22-13+. The van der Waals surface area contributed by atoms with Crippen LogP contribution in [0.1, 0.15) is 31.7 Å². The Morgan fingerprint density at radius 1 is 1.17 bits per heavy atom. The molecule has 2 aromatic carbocycles. The molecule has 2 N–H and O–H groups in total. The molecule has 0 saturated heterocycles. The third-order valence-electron chi connectivity index (χ3n) is 4.78. The molecule has 0 unspecified atom stereocenters. The van der Waals surface area contributed by atoms with E-state index < -0.39 is 15.6 Å². The molecule has 8 nitrogen and oxygen atoms in total. The number of amidine groups is 1. The maximum Gasteiger partial charge on any atom is 0.286 e. The second kappa shape index (κ2) is 7.75. The Morgan fingerprint density at radius 2 is 1.90 bits per heavy atom. The van der Waals surface area contributed by atoms with Crippen molar-refractivity contribution in [1.82, 2.24) is 4.68 Å². The summed E-state index contributed by atoms with van der Waals surface area (Å²) in [5.41, 5.74) is -0.220. The number of unbranched alkanes of at least 4 members (excludes halogenated alkanes) is 2. The highest BCUT2D eigenvalue weighted by Crippen LogP contribution is 2.32. The van der Waals surface area contributed by atoms with Gasteiger partial charge in [-0.15, -0.1) is 4.40 Å². The van der Waals surface area contributed by atoms with Crippen molar-refractivity contribution in [3.8, 4) is 5.75 Å². The number of sulfonamides is 1. The zero-order chi connectivity index (χ0) is 21.3. The second-order valence-electron chi connectivity index (χ2n) is 6.83. The van der Waals surface area contributed by atoms with E-state index in [-0.39, 0.29) is 27.7 Å². The molecular formula is C21H20N4O4S. The molecule has 0 fully saturated rings. The zero-order valence-electron chi connectivity index (χ0n) is 16.2. The quantitative estimate of drug-likeness (QED) is 0.482. The second-order valence-corrected chi connectivity index (χ2v) is 8.41. The molecule has 0 saturated carbocycles. The van der Waals surface area contributed by atoms with Crippen molar-refractivity contribution in [3.63, 3.8) is 0 Å². The zero-order valence-corrected chi connectivity index (χ0v) is 17.1. The molecule has 30 heavy (non-hydrogen) atoms. The highest BCUT2D eigenvalue weighted by atomic mass is 32.2. The van der Waals surface area contributed by atoms with Gasteiger partial charge >= 0.3 is 0 Å². The lowest BCUT2D eigenvalue weighted by molar-refractivity contribution is 0.478. The normalized spacial score (nSPS) is 15.0. The van der Waals surface area contributed by atoms with Gasteiger partial charge in [0.2, 0.25) is 0 Å². The lowest BCUT2D eigenvalue weighted by Crippen LogP contribution is -2.31. The summed E-state index contributed by atoms with van der Waals surface area (Å²) < 4.78 is 30.2. The van der Waals surface area contributed by atoms with Crippen LogP contribution in [0.4, 0.5) is 5.69 Å². The van der Waals surface area contributed by atoms with Crippen LogP contribution in [0.2, 0.25) is 0 Å². The Balaban J connectivity index is 1.95. The van der Waals surface area contributed by atoms with Crippen molar-refractivity contribution in [1.29, 1.82) is 0 Å². The largest absolute Gasteiger partial charge is 0.506 e. The molecule has 1 aromatic heterocycles. The van der Waals surface area contributed by atoms with Gasteiger partial charge in [0.05, 0.1) is 11.2 Å². The third kappa shape index (κ3) is 3.37. The fraction of sp³-hybridized carbons (Fsp3) is 0.190. The average Bonchev–Trinajstić information content (AvgIpc) is 2.73. The van der Waals surface area contributed by atoms with Gasteiger partial charge in [0.1, 0.15) is 16.2 Å². The molecule has 1 aliphatic heterocycles. The number of benzene rings is 2. The average molecular weight is 424 g/mol. The monoisotopic (exact) mass is 424 g/mol. The van der Waals surface area contributed by atoms with Crippen LogP contribution in [0.3, 0.4) is 0 Å². The van der Waals surface area contributed by atoms with Crippen LogP contribution in [0, 0.1) is 0 Å². The van der Waals surface area contributed by atoms with Gasteiger partial charge in [-0.1, -0.05) is 37.6 Å². The van der Waals surface area contributed by atoms with E-state index in [0.717, 1.165) is 17.5 Å². The number of hydrogen-bond donors (Lipinski definition) is 2. The lowest BCUT2D eigenvalue weighted by Gasteiger charge is -2.19. The van der Waals surface area contributed by atoms with Crippen LogP contribution in [0.15, 0.2) is 67.7 Å². The highest BCUT2D eigenvalue weighted by molar-refractivity contribution is 7.90. The van der Waals surface area contributed by atoms with E-state index in [0.29, 0.717) is 17.3 Å². The van der Waals surface area contributed by atoms with E-state index in [1.165, 1.54) is 6.07 Å². The van der Waals surface area contributed by atoms with Crippen molar-refractivity contribution < 1.29 is 13.5 Å². The molecule has 9 heteroatoms. The minimum atomic E-state index is -4.04. The first kappa shape index (κ1) is 19.8. The number of fused-ring (bicyclic) bond motifs is 2. The Bertz CT molecular complexity index is 1360. The van der Waals surface area contributed by atoms with Gasteiger partial charge in [-0.05, 0) is 37.1 Å². The van der Waals surface area contributed by atoms with Crippen LogP contribution in [-0.4, -0.2) is 30.3 Å². The topological polar surface area (TPSA) is 113 Å². The Morgan fingerprint density at radius 3 is 2.70 bits per heavy atom. The number of nitrogens with zero attached hydrogens (tertiary/aromatic N) is 3. The third-order valence-corrected chi connectivity index (χ3v) is 6.12. The number of rotatable bonds is 5. The summed E-state index contributed by atoms with van der Waals surface area (Å²) in [6, 6.07) is 13.0. The summed E-state index contributed by atoms with van der Waals surface area (Å²) in [6.07, 6.45) is 4.24. The molecular weight excluding hydrogens is 404 g/mol. The van der Waals surface area contributed by atoms with E-state index in [1.54, 1.807) is 48.7 Å². The van der Waals surface area contributed by atoms with Crippen molar-refractivity contribution in [2.45, 2.75) is 31.1 Å². The van der Waals surface area contributed by atoms with E-state index in [9.17, 15) is 18.3 Å².